The highest BCUT2D eigenvalue weighted by molar-refractivity contribution is 9.10. The van der Waals surface area contributed by atoms with Gasteiger partial charge in [0.25, 0.3) is 0 Å². The minimum atomic E-state index is -0.256. The average molecular weight is 480 g/mol. The van der Waals surface area contributed by atoms with Crippen molar-refractivity contribution in [2.24, 2.45) is 0 Å². The second kappa shape index (κ2) is 7.94. The lowest BCUT2D eigenvalue weighted by atomic mass is 9.98. The van der Waals surface area contributed by atoms with Crippen LogP contribution in [0.25, 0.3) is 6.08 Å². The number of carbonyl (C=O) groups is 1. The fraction of sp³-hybridized carbons (Fsp3) is 0.160. The van der Waals surface area contributed by atoms with Crippen LogP contribution in [0.3, 0.4) is 0 Å². The summed E-state index contributed by atoms with van der Waals surface area (Å²) in [5.74, 6) is 1.23. The van der Waals surface area contributed by atoms with Gasteiger partial charge in [-0.15, -0.1) is 0 Å². The number of fused-ring (bicyclic) bond motifs is 3. The number of aryl methyl sites for hydroxylation is 1. The first kappa shape index (κ1) is 20.0. The molecule has 0 amide bonds. The molecule has 0 atom stereocenters. The second-order valence-electron chi connectivity index (χ2n) is 7.72. The van der Waals surface area contributed by atoms with Gasteiger partial charge in [0.2, 0.25) is 5.78 Å². The van der Waals surface area contributed by atoms with Crippen molar-refractivity contribution in [3.63, 3.8) is 0 Å². The zero-order valence-electron chi connectivity index (χ0n) is 16.8. The van der Waals surface area contributed by atoms with Crippen LogP contribution in [-0.2, 0) is 13.1 Å². The van der Waals surface area contributed by atoms with Crippen molar-refractivity contribution in [3.8, 4) is 11.5 Å². The SMILES string of the molecule is Cc1cc2c(c3c1C(=O)/C(=C/c1ccccc1Br)O3)CN(Cc1ccc(F)cc1)CO2. The van der Waals surface area contributed by atoms with E-state index in [1.165, 1.54) is 12.1 Å². The molecule has 0 N–H and O–H groups in total. The van der Waals surface area contributed by atoms with E-state index in [1.54, 1.807) is 18.2 Å². The largest absolute Gasteiger partial charge is 0.478 e. The Kier molecular flexibility index (Phi) is 5.12. The molecule has 0 saturated heterocycles. The van der Waals surface area contributed by atoms with Gasteiger partial charge in [-0.05, 0) is 54.0 Å². The van der Waals surface area contributed by atoms with Gasteiger partial charge in [-0.25, -0.2) is 4.39 Å². The third kappa shape index (κ3) is 3.77. The lowest BCUT2D eigenvalue weighted by Gasteiger charge is -2.30. The van der Waals surface area contributed by atoms with Crippen molar-refractivity contribution in [1.82, 2.24) is 4.90 Å². The molecule has 4 nitrogen and oxygen atoms in total. The molecule has 0 bridgehead atoms. The van der Waals surface area contributed by atoms with Gasteiger partial charge in [-0.1, -0.05) is 46.3 Å². The van der Waals surface area contributed by atoms with Gasteiger partial charge in [-0.2, -0.15) is 0 Å². The number of benzene rings is 3. The van der Waals surface area contributed by atoms with Crippen molar-refractivity contribution >= 4 is 27.8 Å². The number of Topliss-reactive ketones (excluding diaryl/α,β-unsaturated/α-hetero) is 1. The lowest BCUT2D eigenvalue weighted by Crippen LogP contribution is -2.31. The number of hydrogen-bond donors (Lipinski definition) is 0. The predicted molar refractivity (Wildman–Crippen MR) is 119 cm³/mol. The van der Waals surface area contributed by atoms with Gasteiger partial charge >= 0.3 is 0 Å². The predicted octanol–water partition coefficient (Wildman–Crippen LogP) is 5.86. The molecule has 156 valence electrons. The molecule has 2 aliphatic rings. The topological polar surface area (TPSA) is 38.8 Å². The average Bonchev–Trinajstić information content (AvgIpc) is 3.09. The summed E-state index contributed by atoms with van der Waals surface area (Å²) in [4.78, 5) is 15.2. The van der Waals surface area contributed by atoms with E-state index in [-0.39, 0.29) is 11.6 Å². The molecule has 5 rings (SSSR count). The van der Waals surface area contributed by atoms with E-state index in [9.17, 15) is 9.18 Å². The van der Waals surface area contributed by atoms with Crippen molar-refractivity contribution in [3.05, 3.63) is 98.5 Å². The van der Waals surface area contributed by atoms with E-state index < -0.39 is 0 Å². The van der Waals surface area contributed by atoms with Crippen LogP contribution in [0, 0.1) is 12.7 Å². The van der Waals surface area contributed by atoms with E-state index >= 15 is 0 Å². The highest BCUT2D eigenvalue weighted by Gasteiger charge is 2.35. The first-order chi connectivity index (χ1) is 15.0. The number of nitrogens with zero attached hydrogens (tertiary/aromatic N) is 1. The van der Waals surface area contributed by atoms with Gasteiger partial charge in [0, 0.05) is 17.6 Å². The number of rotatable bonds is 3. The van der Waals surface area contributed by atoms with Crippen LogP contribution in [0.15, 0.2) is 64.8 Å². The van der Waals surface area contributed by atoms with Crippen LogP contribution in [-0.4, -0.2) is 17.4 Å². The van der Waals surface area contributed by atoms with Crippen LogP contribution >= 0.6 is 15.9 Å². The van der Waals surface area contributed by atoms with Crippen molar-refractivity contribution in [2.75, 3.05) is 6.73 Å². The second-order valence-corrected chi connectivity index (χ2v) is 8.58. The van der Waals surface area contributed by atoms with E-state index in [2.05, 4.69) is 20.8 Å². The molecule has 6 heteroatoms. The Labute approximate surface area is 188 Å². The molecule has 0 fully saturated rings. The van der Waals surface area contributed by atoms with Gasteiger partial charge in [0.05, 0.1) is 11.1 Å². The number of hydrogen-bond acceptors (Lipinski definition) is 4. The smallest absolute Gasteiger partial charge is 0.232 e. The summed E-state index contributed by atoms with van der Waals surface area (Å²) in [7, 11) is 0. The minimum absolute atomic E-state index is 0.123. The van der Waals surface area contributed by atoms with Gasteiger partial charge < -0.3 is 9.47 Å². The molecule has 0 spiro atoms. The lowest BCUT2D eigenvalue weighted by molar-refractivity contribution is 0.0872. The summed E-state index contributed by atoms with van der Waals surface area (Å²) in [5, 5.41) is 0. The summed E-state index contributed by atoms with van der Waals surface area (Å²) < 4.78 is 26.2. The monoisotopic (exact) mass is 479 g/mol. The Morgan fingerprint density at radius 3 is 2.71 bits per heavy atom. The highest BCUT2D eigenvalue weighted by Crippen LogP contribution is 2.44. The first-order valence-corrected chi connectivity index (χ1v) is 10.7. The van der Waals surface area contributed by atoms with Crippen LogP contribution in [0.5, 0.6) is 11.5 Å². The van der Waals surface area contributed by atoms with Crippen molar-refractivity contribution in [1.29, 1.82) is 0 Å². The molecule has 0 saturated carbocycles. The Bertz CT molecular complexity index is 1220. The molecule has 3 aromatic carbocycles. The number of halogens is 2. The van der Waals surface area contributed by atoms with E-state index in [1.807, 2.05) is 37.3 Å². The van der Waals surface area contributed by atoms with E-state index in [0.29, 0.717) is 36.9 Å². The molecule has 3 aromatic rings. The zero-order chi connectivity index (χ0) is 21.5. The molecule has 0 aliphatic carbocycles. The zero-order valence-corrected chi connectivity index (χ0v) is 18.4. The van der Waals surface area contributed by atoms with E-state index in [0.717, 1.165) is 32.5 Å². The summed E-state index contributed by atoms with van der Waals surface area (Å²) in [6.07, 6.45) is 1.76. The molecule has 31 heavy (non-hydrogen) atoms. The minimum Gasteiger partial charge on any atom is -0.478 e. The number of allylic oxidation sites excluding steroid dienone is 1. The quantitative estimate of drug-likeness (QED) is 0.440. The number of ketones is 1. The maximum atomic E-state index is 13.2. The maximum absolute atomic E-state index is 13.2. The Morgan fingerprint density at radius 2 is 1.94 bits per heavy atom. The van der Waals surface area contributed by atoms with Crippen LogP contribution in [0.2, 0.25) is 0 Å². The molecule has 0 unspecified atom stereocenters. The summed E-state index contributed by atoms with van der Waals surface area (Å²) in [5.41, 5.74) is 4.14. The maximum Gasteiger partial charge on any atom is 0.232 e. The third-order valence-electron chi connectivity index (χ3n) is 5.50. The fourth-order valence-electron chi connectivity index (χ4n) is 3.96. The summed E-state index contributed by atoms with van der Waals surface area (Å²) >= 11 is 3.52. The van der Waals surface area contributed by atoms with Crippen molar-refractivity contribution in [2.45, 2.75) is 20.0 Å². The van der Waals surface area contributed by atoms with Crippen LogP contribution < -0.4 is 9.47 Å². The molecule has 0 radical (unpaired) electrons. The number of carbonyl (C=O) groups excluding carboxylic acids is 1. The standard InChI is InChI=1S/C25H19BrFNO3/c1-15-10-21-19(13-28(14-30-21)12-16-6-8-18(27)9-7-16)25-23(15)24(29)22(31-25)11-17-4-2-3-5-20(17)26/h2-11H,12-14H2,1H3/b22-11-. The van der Waals surface area contributed by atoms with Crippen LogP contribution in [0.4, 0.5) is 4.39 Å². The Hall–Kier alpha value is -2.96. The highest BCUT2D eigenvalue weighted by atomic mass is 79.9. The van der Waals surface area contributed by atoms with Gasteiger partial charge in [-0.3, -0.25) is 9.69 Å². The Balaban J connectivity index is 1.47. The van der Waals surface area contributed by atoms with Crippen molar-refractivity contribution < 1.29 is 18.7 Å². The van der Waals surface area contributed by atoms with Crippen LogP contribution in [0.1, 0.15) is 32.6 Å². The number of ether oxygens (including phenoxy) is 2. The van der Waals surface area contributed by atoms with Gasteiger partial charge in [0.15, 0.2) is 5.76 Å². The molecular formula is C25H19BrFNO3. The first-order valence-electron chi connectivity index (χ1n) is 9.94. The molecule has 2 heterocycles. The van der Waals surface area contributed by atoms with Gasteiger partial charge in [0.1, 0.15) is 24.0 Å². The normalized spacial score (nSPS) is 16.6. The molecular weight excluding hydrogens is 461 g/mol. The molecule has 0 aromatic heterocycles. The summed E-state index contributed by atoms with van der Waals surface area (Å²) in [6.45, 7) is 3.49. The third-order valence-corrected chi connectivity index (χ3v) is 6.22. The fourth-order valence-corrected chi connectivity index (χ4v) is 4.36. The summed E-state index contributed by atoms with van der Waals surface area (Å²) in [6, 6.07) is 16.0. The van der Waals surface area contributed by atoms with E-state index in [4.69, 9.17) is 9.47 Å². The molecule has 2 aliphatic heterocycles. The Morgan fingerprint density at radius 1 is 1.16 bits per heavy atom.